The van der Waals surface area contributed by atoms with Gasteiger partial charge >= 0.3 is 11.9 Å². The summed E-state index contributed by atoms with van der Waals surface area (Å²) in [5.74, 6) is -4.16. The Labute approximate surface area is 161 Å². The number of piperidine rings is 1. The van der Waals surface area contributed by atoms with Gasteiger partial charge in [-0.1, -0.05) is 0 Å². The molecule has 5 heterocycles. The Morgan fingerprint density at radius 1 is 1.29 bits per heavy atom. The molecule has 0 spiro atoms. The van der Waals surface area contributed by atoms with Crippen LogP contribution in [-0.2, 0) is 21.4 Å². The van der Waals surface area contributed by atoms with Crippen molar-refractivity contribution in [1.82, 2.24) is 19.8 Å². The predicted octanol–water partition coefficient (Wildman–Crippen LogP) is -0.164. The summed E-state index contributed by atoms with van der Waals surface area (Å²) in [4.78, 5) is 27.7. The molecule has 4 aliphatic heterocycles. The first-order valence-electron chi connectivity index (χ1n) is 9.24. The second-order valence-electron chi connectivity index (χ2n) is 7.25. The highest BCUT2D eigenvalue weighted by molar-refractivity contribution is 5.99. The fraction of sp³-hybridized carbons (Fsp3) is 0.500. The first kappa shape index (κ1) is 18.5. The van der Waals surface area contributed by atoms with Crippen molar-refractivity contribution >= 4 is 17.8 Å². The summed E-state index contributed by atoms with van der Waals surface area (Å²) in [5.41, 5.74) is 3.12. The van der Waals surface area contributed by atoms with Crippen LogP contribution in [0.5, 0.6) is 0 Å². The van der Waals surface area contributed by atoms with Crippen molar-refractivity contribution in [2.45, 2.75) is 24.7 Å². The van der Waals surface area contributed by atoms with E-state index < -0.39 is 23.4 Å². The van der Waals surface area contributed by atoms with Crippen LogP contribution in [0.1, 0.15) is 18.5 Å². The van der Waals surface area contributed by atoms with E-state index in [2.05, 4.69) is 15.4 Å². The van der Waals surface area contributed by atoms with Gasteiger partial charge in [-0.25, -0.2) is 19.9 Å². The third-order valence-corrected chi connectivity index (χ3v) is 5.64. The summed E-state index contributed by atoms with van der Waals surface area (Å²) in [6.45, 7) is 3.14. The minimum atomic E-state index is -1.67. The molecule has 150 valence electrons. The molecule has 1 aromatic rings. The number of carboxylic acids is 2. The summed E-state index contributed by atoms with van der Waals surface area (Å²) < 4.78 is 7.96. The standard InChI is InChI=1S/C18H23N5O5/c1-21-6-2-3-14(21)16-19-20-18(28-16,13(17(26)27)11-15(24)25)23-10-9-22-7-4-12(23)5-8-22/h2-3,6,11-12,20H,4-5,7-10H2,1H3,(H,24,25)(H,26,27). The van der Waals surface area contributed by atoms with Gasteiger partial charge in [0, 0.05) is 38.5 Å². The summed E-state index contributed by atoms with van der Waals surface area (Å²) >= 11 is 0. The Hall–Kier alpha value is -2.85. The lowest BCUT2D eigenvalue weighted by Crippen LogP contribution is -2.63. The molecule has 10 heteroatoms. The van der Waals surface area contributed by atoms with Gasteiger partial charge in [0.25, 0.3) is 11.7 Å². The number of aryl methyl sites for hydroxylation is 1. The molecular formula is C18H23N5O5. The smallest absolute Gasteiger partial charge is 0.339 e. The topological polar surface area (TPSA) is 120 Å². The maximum absolute atomic E-state index is 12.1. The van der Waals surface area contributed by atoms with Crippen molar-refractivity contribution in [2.75, 3.05) is 26.2 Å². The molecule has 3 N–H and O–H groups in total. The largest absolute Gasteiger partial charge is 0.478 e. The van der Waals surface area contributed by atoms with Gasteiger partial charge in [-0.05, 0) is 38.1 Å². The van der Waals surface area contributed by atoms with Crippen molar-refractivity contribution in [2.24, 2.45) is 12.1 Å². The van der Waals surface area contributed by atoms with Crippen LogP contribution in [-0.4, -0.2) is 80.5 Å². The monoisotopic (exact) mass is 389 g/mol. The van der Waals surface area contributed by atoms with Gasteiger partial charge in [-0.2, -0.15) is 0 Å². The van der Waals surface area contributed by atoms with Crippen LogP contribution in [0.4, 0.5) is 0 Å². The second kappa shape index (κ2) is 6.95. The minimum Gasteiger partial charge on any atom is -0.478 e. The van der Waals surface area contributed by atoms with E-state index in [9.17, 15) is 19.8 Å². The van der Waals surface area contributed by atoms with Crippen molar-refractivity contribution in [3.8, 4) is 0 Å². The molecule has 1 atom stereocenters. The van der Waals surface area contributed by atoms with Gasteiger partial charge in [0.2, 0.25) is 0 Å². The predicted molar refractivity (Wildman–Crippen MR) is 98.4 cm³/mol. The van der Waals surface area contributed by atoms with E-state index in [0.717, 1.165) is 32.5 Å². The van der Waals surface area contributed by atoms with E-state index in [0.29, 0.717) is 18.3 Å². The van der Waals surface area contributed by atoms with Crippen molar-refractivity contribution < 1.29 is 24.5 Å². The van der Waals surface area contributed by atoms with Crippen LogP contribution in [0.25, 0.3) is 0 Å². The maximum Gasteiger partial charge on any atom is 0.339 e. The quantitative estimate of drug-likeness (QED) is 0.594. The molecule has 3 saturated heterocycles. The average Bonchev–Trinajstić information content (AvgIpc) is 3.16. The average molecular weight is 389 g/mol. The zero-order chi connectivity index (χ0) is 19.9. The fourth-order valence-corrected chi connectivity index (χ4v) is 4.23. The number of carbonyl (C=O) groups is 2. The van der Waals surface area contributed by atoms with Gasteiger partial charge < -0.3 is 24.4 Å². The van der Waals surface area contributed by atoms with Gasteiger partial charge in [-0.15, -0.1) is 5.10 Å². The molecule has 0 saturated carbocycles. The number of ether oxygens (including phenoxy) is 1. The molecule has 2 bridgehead atoms. The van der Waals surface area contributed by atoms with E-state index in [1.165, 1.54) is 0 Å². The molecule has 10 nitrogen and oxygen atoms in total. The second-order valence-corrected chi connectivity index (χ2v) is 7.25. The van der Waals surface area contributed by atoms with Gasteiger partial charge in [0.05, 0.1) is 0 Å². The van der Waals surface area contributed by atoms with Crippen LogP contribution < -0.4 is 5.43 Å². The number of nitrogens with zero attached hydrogens (tertiary/aromatic N) is 4. The lowest BCUT2D eigenvalue weighted by Gasteiger charge is -2.43. The number of carboxylic acid groups (broad SMARTS) is 2. The summed E-state index contributed by atoms with van der Waals surface area (Å²) in [5, 5.41) is 23.4. The lowest BCUT2D eigenvalue weighted by atomic mass is 10.0. The normalized spacial score (nSPS) is 30.3. The highest BCUT2D eigenvalue weighted by Crippen LogP contribution is 2.35. The summed E-state index contributed by atoms with van der Waals surface area (Å²) in [6.07, 6.45) is 4.22. The Bertz CT molecular complexity index is 854. The fourth-order valence-electron chi connectivity index (χ4n) is 4.23. The molecule has 0 aliphatic carbocycles. The first-order chi connectivity index (χ1) is 13.4. The van der Waals surface area contributed by atoms with Crippen molar-refractivity contribution in [3.05, 3.63) is 35.7 Å². The number of hydrazone groups is 1. The highest BCUT2D eigenvalue weighted by Gasteiger charge is 2.54. The SMILES string of the molecule is Cn1cccc1C1=NNC(C(=CC(=O)O)C(=O)O)(N2CCN3CCC2CC3)O1. The zero-order valence-electron chi connectivity index (χ0n) is 15.5. The Balaban J connectivity index is 1.77. The molecule has 28 heavy (non-hydrogen) atoms. The van der Waals surface area contributed by atoms with Crippen LogP contribution in [0.15, 0.2) is 35.1 Å². The van der Waals surface area contributed by atoms with Crippen LogP contribution in [0.2, 0.25) is 0 Å². The van der Waals surface area contributed by atoms with E-state index >= 15 is 0 Å². The number of rotatable bonds is 5. The third kappa shape index (κ3) is 3.04. The highest BCUT2D eigenvalue weighted by atomic mass is 16.6. The number of nitrogens with one attached hydrogen (secondary N) is 1. The Morgan fingerprint density at radius 2 is 2.04 bits per heavy atom. The molecule has 0 amide bonds. The Kier molecular flexibility index (Phi) is 4.60. The molecule has 1 unspecified atom stereocenters. The van der Waals surface area contributed by atoms with E-state index in [-0.39, 0.29) is 11.9 Å². The van der Waals surface area contributed by atoms with E-state index in [1.54, 1.807) is 10.6 Å². The van der Waals surface area contributed by atoms with Crippen LogP contribution >= 0.6 is 0 Å². The maximum atomic E-state index is 12.1. The van der Waals surface area contributed by atoms with E-state index in [4.69, 9.17) is 4.74 Å². The van der Waals surface area contributed by atoms with Crippen LogP contribution in [0.3, 0.4) is 0 Å². The van der Waals surface area contributed by atoms with Crippen molar-refractivity contribution in [3.63, 3.8) is 0 Å². The molecule has 3 fully saturated rings. The molecule has 5 rings (SSSR count). The first-order valence-corrected chi connectivity index (χ1v) is 9.24. The minimum absolute atomic E-state index is 0.0609. The summed E-state index contributed by atoms with van der Waals surface area (Å²) in [7, 11) is 1.83. The Morgan fingerprint density at radius 3 is 2.64 bits per heavy atom. The lowest BCUT2D eigenvalue weighted by molar-refractivity contribution is -0.145. The number of fused-ring (bicyclic) bond motifs is 4. The number of aromatic nitrogens is 1. The molecule has 1 aromatic heterocycles. The number of aliphatic carboxylic acids is 2. The molecule has 0 aromatic carbocycles. The van der Waals surface area contributed by atoms with Crippen molar-refractivity contribution in [1.29, 1.82) is 0 Å². The number of hydrogen-bond acceptors (Lipinski definition) is 7. The van der Waals surface area contributed by atoms with Gasteiger partial charge in [-0.3, -0.25) is 0 Å². The zero-order valence-corrected chi connectivity index (χ0v) is 15.5. The molecule has 4 aliphatic rings. The number of hydrogen-bond donors (Lipinski definition) is 3. The van der Waals surface area contributed by atoms with Gasteiger partial charge in [0.1, 0.15) is 11.3 Å². The van der Waals surface area contributed by atoms with E-state index in [1.807, 2.05) is 24.2 Å². The van der Waals surface area contributed by atoms with Crippen LogP contribution in [0, 0.1) is 0 Å². The van der Waals surface area contributed by atoms with Gasteiger partial charge in [0.15, 0.2) is 0 Å². The third-order valence-electron chi connectivity index (χ3n) is 5.64. The summed E-state index contributed by atoms with van der Waals surface area (Å²) in [6, 6.07) is 3.69. The molecule has 0 radical (unpaired) electrons. The molecular weight excluding hydrogens is 366 g/mol.